The second-order valence-electron chi connectivity index (χ2n) is 6.16. The van der Waals surface area contributed by atoms with E-state index in [4.69, 9.17) is 9.73 Å². The molecule has 1 aliphatic rings. The van der Waals surface area contributed by atoms with E-state index in [9.17, 15) is 0 Å². The van der Waals surface area contributed by atoms with Gasteiger partial charge in [-0.25, -0.2) is 0 Å². The molecule has 1 aromatic rings. The summed E-state index contributed by atoms with van der Waals surface area (Å²) in [6.45, 7) is 5.29. The fourth-order valence-electron chi connectivity index (χ4n) is 2.71. The average Bonchev–Trinajstić information content (AvgIpc) is 3.16. The van der Waals surface area contributed by atoms with Crippen molar-refractivity contribution in [1.82, 2.24) is 25.3 Å². The van der Waals surface area contributed by atoms with Gasteiger partial charge in [0.2, 0.25) is 0 Å². The highest BCUT2D eigenvalue weighted by molar-refractivity contribution is 14.0. The highest BCUT2D eigenvalue weighted by atomic mass is 127. The first-order valence-corrected chi connectivity index (χ1v) is 8.39. The van der Waals surface area contributed by atoms with Crippen LogP contribution in [-0.4, -0.2) is 67.1 Å². The third-order valence-electron chi connectivity index (χ3n) is 4.02. The van der Waals surface area contributed by atoms with Crippen molar-refractivity contribution in [1.29, 1.82) is 0 Å². The van der Waals surface area contributed by atoms with Gasteiger partial charge in [0.1, 0.15) is 0 Å². The molecule has 0 amide bonds. The molecule has 24 heavy (non-hydrogen) atoms. The molecule has 0 bridgehead atoms. The maximum absolute atomic E-state index is 5.65. The average molecular weight is 450 g/mol. The number of guanidine groups is 1. The minimum absolute atomic E-state index is 0. The molecular weight excluding hydrogens is 419 g/mol. The van der Waals surface area contributed by atoms with E-state index in [1.165, 1.54) is 5.56 Å². The largest absolute Gasteiger partial charge is 0.376 e. The van der Waals surface area contributed by atoms with E-state index in [-0.39, 0.29) is 30.0 Å². The molecule has 2 N–H and O–H groups in total. The zero-order valence-corrected chi connectivity index (χ0v) is 17.5. The smallest absolute Gasteiger partial charge is 0.191 e. The van der Waals surface area contributed by atoms with Crippen LogP contribution in [-0.2, 0) is 11.8 Å². The van der Waals surface area contributed by atoms with Crippen LogP contribution in [0.2, 0.25) is 0 Å². The molecule has 7 nitrogen and oxygen atoms in total. The molecule has 1 aliphatic heterocycles. The number of nitrogens with one attached hydrogen (secondary N) is 2. The Morgan fingerprint density at radius 2 is 2.29 bits per heavy atom. The van der Waals surface area contributed by atoms with Gasteiger partial charge in [-0.3, -0.25) is 9.67 Å². The lowest BCUT2D eigenvalue weighted by Gasteiger charge is -2.22. The van der Waals surface area contributed by atoms with Crippen LogP contribution in [0.1, 0.15) is 31.4 Å². The van der Waals surface area contributed by atoms with E-state index in [1.807, 2.05) is 24.1 Å². The van der Waals surface area contributed by atoms with Crippen LogP contribution in [0.3, 0.4) is 0 Å². The number of hydrogen-bond acceptors (Lipinski definition) is 4. The summed E-state index contributed by atoms with van der Waals surface area (Å²) >= 11 is 0. The lowest BCUT2D eigenvalue weighted by molar-refractivity contribution is 0.114. The summed E-state index contributed by atoms with van der Waals surface area (Å²) in [7, 11) is 6.08. The Kier molecular flexibility index (Phi) is 9.60. The van der Waals surface area contributed by atoms with E-state index in [2.05, 4.69) is 41.7 Å². The second kappa shape index (κ2) is 10.9. The zero-order valence-electron chi connectivity index (χ0n) is 15.2. The molecule has 8 heteroatoms. The van der Waals surface area contributed by atoms with Gasteiger partial charge in [0, 0.05) is 38.5 Å². The maximum Gasteiger partial charge on any atom is 0.191 e. The first-order valence-electron chi connectivity index (χ1n) is 8.39. The Morgan fingerprint density at radius 3 is 2.83 bits per heavy atom. The van der Waals surface area contributed by atoms with E-state index in [0.717, 1.165) is 38.5 Å². The van der Waals surface area contributed by atoms with E-state index < -0.39 is 0 Å². The molecule has 0 spiro atoms. The van der Waals surface area contributed by atoms with Crippen LogP contribution in [0, 0.1) is 0 Å². The Labute approximate surface area is 162 Å². The van der Waals surface area contributed by atoms with Gasteiger partial charge in [-0.05, 0) is 33.9 Å². The zero-order chi connectivity index (χ0) is 16.7. The van der Waals surface area contributed by atoms with Gasteiger partial charge in [-0.1, -0.05) is 0 Å². The van der Waals surface area contributed by atoms with Crippen LogP contribution < -0.4 is 10.6 Å². The molecule has 0 aliphatic carbocycles. The fraction of sp³-hybridized carbons (Fsp3) is 0.750. The van der Waals surface area contributed by atoms with Crippen molar-refractivity contribution in [3.05, 3.63) is 18.0 Å². The van der Waals surface area contributed by atoms with Crippen LogP contribution in [0.25, 0.3) is 0 Å². The van der Waals surface area contributed by atoms with Crippen molar-refractivity contribution in [2.24, 2.45) is 12.0 Å². The minimum atomic E-state index is 0. The highest BCUT2D eigenvalue weighted by Crippen LogP contribution is 2.17. The first kappa shape index (κ1) is 21.2. The number of aryl methyl sites for hydroxylation is 1. The Morgan fingerprint density at radius 1 is 1.50 bits per heavy atom. The van der Waals surface area contributed by atoms with Gasteiger partial charge in [-0.15, -0.1) is 24.0 Å². The van der Waals surface area contributed by atoms with Crippen molar-refractivity contribution in [2.45, 2.75) is 31.9 Å². The summed E-state index contributed by atoms with van der Waals surface area (Å²) in [4.78, 5) is 6.91. The number of hydrogen-bond donors (Lipinski definition) is 2. The number of likely N-dealkylation sites (N-methyl/N-ethyl adjacent to an activating group) is 1. The summed E-state index contributed by atoms with van der Waals surface area (Å²) in [5, 5.41) is 11.0. The van der Waals surface area contributed by atoms with Crippen molar-refractivity contribution in [2.75, 3.05) is 40.3 Å². The van der Waals surface area contributed by atoms with E-state index in [1.54, 1.807) is 0 Å². The van der Waals surface area contributed by atoms with Crippen LogP contribution >= 0.6 is 24.0 Å². The number of rotatable bonds is 7. The van der Waals surface area contributed by atoms with Gasteiger partial charge < -0.3 is 20.3 Å². The molecule has 1 saturated heterocycles. The lowest BCUT2D eigenvalue weighted by atomic mass is 10.1. The van der Waals surface area contributed by atoms with Gasteiger partial charge in [-0.2, -0.15) is 5.10 Å². The number of aromatic nitrogens is 2. The van der Waals surface area contributed by atoms with Crippen LogP contribution in [0.4, 0.5) is 0 Å². The predicted octanol–water partition coefficient (Wildman–Crippen LogP) is 1.37. The maximum atomic E-state index is 5.65. The van der Waals surface area contributed by atoms with Gasteiger partial charge in [0.05, 0.1) is 24.9 Å². The third kappa shape index (κ3) is 6.56. The Bertz CT molecular complexity index is 499. The third-order valence-corrected chi connectivity index (χ3v) is 4.02. The first-order chi connectivity index (χ1) is 11.1. The lowest BCUT2D eigenvalue weighted by Crippen LogP contribution is -2.41. The Balaban J connectivity index is 0.00000288. The summed E-state index contributed by atoms with van der Waals surface area (Å²) in [6, 6.07) is 0.210. The van der Waals surface area contributed by atoms with E-state index in [0.29, 0.717) is 12.6 Å². The number of aliphatic imine (C=N–C) groups is 1. The van der Waals surface area contributed by atoms with Gasteiger partial charge in [0.25, 0.3) is 0 Å². The SMILES string of the molecule is CCNC(=NCC(c1cnn(C)c1)N(C)C)NCC1CCCO1.I. The number of nitrogens with zero attached hydrogens (tertiary/aromatic N) is 4. The molecule has 2 heterocycles. The standard InChI is InChI=1S/C16H30N6O.HI/c1-5-17-16(18-10-14-7-6-8-23-14)19-11-15(21(2)3)13-9-20-22(4)12-13;/h9,12,14-15H,5-8,10-11H2,1-4H3,(H2,17,18,19);1H. The monoisotopic (exact) mass is 450 g/mol. The second-order valence-corrected chi connectivity index (χ2v) is 6.16. The summed E-state index contributed by atoms with van der Waals surface area (Å²) < 4.78 is 7.48. The molecule has 138 valence electrons. The van der Waals surface area contributed by atoms with Crippen molar-refractivity contribution in [3.63, 3.8) is 0 Å². The number of ether oxygens (including phenoxy) is 1. The van der Waals surface area contributed by atoms with Crippen LogP contribution in [0.5, 0.6) is 0 Å². The Hall–Kier alpha value is -0.870. The fourth-order valence-corrected chi connectivity index (χ4v) is 2.71. The summed E-state index contributed by atoms with van der Waals surface area (Å²) in [6.07, 6.45) is 6.55. The molecular formula is C16H31IN6O. The molecule has 2 rings (SSSR count). The molecule has 0 aromatic carbocycles. The summed E-state index contributed by atoms with van der Waals surface area (Å²) in [5.74, 6) is 0.846. The normalized spacial score (nSPS) is 19.2. The topological polar surface area (TPSA) is 66.7 Å². The molecule has 2 atom stereocenters. The number of halogens is 1. The van der Waals surface area contributed by atoms with Crippen LogP contribution in [0.15, 0.2) is 17.4 Å². The molecule has 1 fully saturated rings. The van der Waals surface area contributed by atoms with Crippen molar-refractivity contribution >= 4 is 29.9 Å². The van der Waals surface area contributed by atoms with Crippen molar-refractivity contribution in [3.8, 4) is 0 Å². The minimum Gasteiger partial charge on any atom is -0.376 e. The summed E-state index contributed by atoms with van der Waals surface area (Å²) in [5.41, 5.74) is 1.18. The quantitative estimate of drug-likeness (QED) is 0.373. The molecule has 2 unspecified atom stereocenters. The predicted molar refractivity (Wildman–Crippen MR) is 108 cm³/mol. The van der Waals surface area contributed by atoms with Gasteiger partial charge in [0.15, 0.2) is 5.96 Å². The van der Waals surface area contributed by atoms with E-state index >= 15 is 0 Å². The molecule has 0 radical (unpaired) electrons. The highest BCUT2D eigenvalue weighted by Gasteiger charge is 2.17. The van der Waals surface area contributed by atoms with Crippen molar-refractivity contribution < 1.29 is 4.74 Å². The molecule has 1 aromatic heterocycles. The molecule has 0 saturated carbocycles. The van der Waals surface area contributed by atoms with Gasteiger partial charge >= 0.3 is 0 Å².